The molecule has 1 aromatic rings. The molecule has 1 fully saturated rings. The number of rotatable bonds is 2. The number of nitrogens with zero attached hydrogens (tertiary/aromatic N) is 2. The molecule has 1 aliphatic carbocycles. The van der Waals surface area contributed by atoms with Gasteiger partial charge in [-0.1, -0.05) is 0 Å². The molecular weight excluding hydrogens is 257 g/mol. The minimum atomic E-state index is -4.42. The molecule has 3 nitrogen and oxygen atoms in total. The lowest BCUT2D eigenvalue weighted by Gasteiger charge is -2.23. The van der Waals surface area contributed by atoms with E-state index in [0.717, 1.165) is 6.07 Å². The fourth-order valence-corrected chi connectivity index (χ4v) is 2.50. The second-order valence-electron chi connectivity index (χ2n) is 5.30. The normalized spacial score (nSPS) is 18.3. The highest BCUT2D eigenvalue weighted by atomic mass is 19.4. The summed E-state index contributed by atoms with van der Waals surface area (Å²) in [5.41, 5.74) is -0.233. The lowest BCUT2D eigenvalue weighted by atomic mass is 9.86. The topological polar surface area (TPSA) is 34.9 Å². The number of carbonyl (C=O) groups is 1. The number of ketones is 1. The van der Waals surface area contributed by atoms with Gasteiger partial charge in [0.1, 0.15) is 5.78 Å². The van der Waals surface area contributed by atoms with Crippen molar-refractivity contribution in [3.63, 3.8) is 0 Å². The Kier molecular flexibility index (Phi) is 3.69. The number of alkyl halides is 3. The fourth-order valence-electron chi connectivity index (χ4n) is 2.50. The van der Waals surface area contributed by atoms with Crippen LogP contribution in [0, 0.1) is 0 Å². The van der Waals surface area contributed by atoms with E-state index in [1.165, 1.54) is 4.68 Å². The Morgan fingerprint density at radius 3 is 2.37 bits per heavy atom. The Hall–Kier alpha value is -1.33. The SMILES string of the molecule is CC(C)n1nc(C(F)(F)F)cc1C1CCC(=O)CC1. The van der Waals surface area contributed by atoms with Crippen LogP contribution in [0.15, 0.2) is 6.07 Å². The van der Waals surface area contributed by atoms with Gasteiger partial charge in [0.2, 0.25) is 0 Å². The Labute approximate surface area is 109 Å². The zero-order valence-corrected chi connectivity index (χ0v) is 11.0. The van der Waals surface area contributed by atoms with Gasteiger partial charge in [-0.05, 0) is 32.8 Å². The summed E-state index contributed by atoms with van der Waals surface area (Å²) in [4.78, 5) is 11.2. The van der Waals surface area contributed by atoms with Crippen molar-refractivity contribution >= 4 is 5.78 Å². The molecule has 106 valence electrons. The molecule has 2 rings (SSSR count). The van der Waals surface area contributed by atoms with Crippen LogP contribution >= 0.6 is 0 Å². The summed E-state index contributed by atoms with van der Waals surface area (Å²) < 4.78 is 39.7. The van der Waals surface area contributed by atoms with E-state index < -0.39 is 11.9 Å². The molecule has 0 N–H and O–H groups in total. The van der Waals surface area contributed by atoms with Crippen LogP contribution in [0.25, 0.3) is 0 Å². The predicted molar refractivity (Wildman–Crippen MR) is 63.8 cm³/mol. The first-order valence-corrected chi connectivity index (χ1v) is 6.47. The number of hydrogen-bond donors (Lipinski definition) is 0. The van der Waals surface area contributed by atoms with Gasteiger partial charge in [-0.15, -0.1) is 0 Å². The number of carbonyl (C=O) groups excluding carboxylic acids is 1. The van der Waals surface area contributed by atoms with Crippen LogP contribution in [-0.2, 0) is 11.0 Å². The van der Waals surface area contributed by atoms with Crippen molar-refractivity contribution in [2.24, 2.45) is 0 Å². The van der Waals surface area contributed by atoms with Crippen LogP contribution in [0.3, 0.4) is 0 Å². The molecule has 1 saturated carbocycles. The summed E-state index contributed by atoms with van der Waals surface area (Å²) >= 11 is 0. The summed E-state index contributed by atoms with van der Waals surface area (Å²) in [6.07, 6.45) is -2.27. The van der Waals surface area contributed by atoms with Crippen LogP contribution in [-0.4, -0.2) is 15.6 Å². The van der Waals surface area contributed by atoms with Crippen molar-refractivity contribution in [3.05, 3.63) is 17.5 Å². The average molecular weight is 274 g/mol. The summed E-state index contributed by atoms with van der Waals surface area (Å²) in [7, 11) is 0. The number of aromatic nitrogens is 2. The van der Waals surface area contributed by atoms with Crippen molar-refractivity contribution < 1.29 is 18.0 Å². The predicted octanol–water partition coefficient (Wildman–Crippen LogP) is 3.71. The second kappa shape index (κ2) is 4.98. The third-order valence-electron chi connectivity index (χ3n) is 3.51. The molecule has 0 atom stereocenters. The maximum Gasteiger partial charge on any atom is 0.435 e. The maximum atomic E-state index is 12.7. The Morgan fingerprint density at radius 1 is 1.32 bits per heavy atom. The summed E-state index contributed by atoms with van der Waals surface area (Å²) in [6, 6.07) is 1.02. The van der Waals surface area contributed by atoms with Gasteiger partial charge in [0, 0.05) is 30.5 Å². The van der Waals surface area contributed by atoms with E-state index in [4.69, 9.17) is 0 Å². The number of hydrogen-bond acceptors (Lipinski definition) is 2. The van der Waals surface area contributed by atoms with Gasteiger partial charge in [0.05, 0.1) is 0 Å². The van der Waals surface area contributed by atoms with Gasteiger partial charge in [0.15, 0.2) is 5.69 Å². The van der Waals surface area contributed by atoms with Crippen LogP contribution in [0.5, 0.6) is 0 Å². The Bertz CT molecular complexity index is 467. The molecule has 1 aromatic heterocycles. The van der Waals surface area contributed by atoms with E-state index in [2.05, 4.69) is 5.10 Å². The molecular formula is C13H17F3N2O. The van der Waals surface area contributed by atoms with Gasteiger partial charge in [-0.3, -0.25) is 9.48 Å². The van der Waals surface area contributed by atoms with Crippen LogP contribution in [0.2, 0.25) is 0 Å². The molecule has 0 amide bonds. The van der Waals surface area contributed by atoms with Crippen molar-refractivity contribution in [1.82, 2.24) is 9.78 Å². The van der Waals surface area contributed by atoms with Crippen molar-refractivity contribution in [1.29, 1.82) is 0 Å². The quantitative estimate of drug-likeness (QED) is 0.824. The summed E-state index contributed by atoms with van der Waals surface area (Å²) in [5, 5.41) is 3.68. The van der Waals surface area contributed by atoms with Crippen molar-refractivity contribution in [2.75, 3.05) is 0 Å². The molecule has 0 aromatic carbocycles. The molecule has 0 bridgehead atoms. The highest BCUT2D eigenvalue weighted by molar-refractivity contribution is 5.79. The van der Waals surface area contributed by atoms with Gasteiger partial charge < -0.3 is 0 Å². The second-order valence-corrected chi connectivity index (χ2v) is 5.30. The van der Waals surface area contributed by atoms with E-state index in [1.54, 1.807) is 0 Å². The van der Waals surface area contributed by atoms with Gasteiger partial charge >= 0.3 is 6.18 Å². The molecule has 0 aliphatic heterocycles. The van der Waals surface area contributed by atoms with E-state index in [0.29, 0.717) is 31.4 Å². The third-order valence-corrected chi connectivity index (χ3v) is 3.51. The zero-order chi connectivity index (χ0) is 14.2. The van der Waals surface area contributed by atoms with Gasteiger partial charge in [0.25, 0.3) is 0 Å². The summed E-state index contributed by atoms with van der Waals surface area (Å²) in [6.45, 7) is 3.62. The number of halogens is 3. The molecule has 0 spiro atoms. The van der Waals surface area contributed by atoms with Gasteiger partial charge in [-0.2, -0.15) is 18.3 Å². The Balaban J connectivity index is 2.33. The van der Waals surface area contributed by atoms with Crippen LogP contribution < -0.4 is 0 Å². The minimum Gasteiger partial charge on any atom is -0.300 e. The largest absolute Gasteiger partial charge is 0.435 e. The maximum absolute atomic E-state index is 12.7. The van der Waals surface area contributed by atoms with Gasteiger partial charge in [-0.25, -0.2) is 0 Å². The van der Waals surface area contributed by atoms with E-state index in [1.807, 2.05) is 13.8 Å². The smallest absolute Gasteiger partial charge is 0.300 e. The monoisotopic (exact) mass is 274 g/mol. The zero-order valence-electron chi connectivity index (χ0n) is 11.0. The standard InChI is InChI=1S/C13H17F3N2O/c1-8(2)18-11(7-12(17-18)13(14,15)16)9-3-5-10(19)6-4-9/h7-9H,3-6H2,1-2H3. The van der Waals surface area contributed by atoms with Crippen molar-refractivity contribution in [2.45, 2.75) is 57.7 Å². The third kappa shape index (κ3) is 2.98. The fraction of sp³-hybridized carbons (Fsp3) is 0.692. The van der Waals surface area contributed by atoms with Crippen LogP contribution in [0.1, 0.15) is 62.9 Å². The first kappa shape index (κ1) is 14.1. The van der Waals surface area contributed by atoms with E-state index in [9.17, 15) is 18.0 Å². The van der Waals surface area contributed by atoms with E-state index in [-0.39, 0.29) is 17.7 Å². The van der Waals surface area contributed by atoms with Crippen LogP contribution in [0.4, 0.5) is 13.2 Å². The molecule has 19 heavy (non-hydrogen) atoms. The number of Topliss-reactive ketones (excluding diaryl/α,β-unsaturated/α-hetero) is 1. The highest BCUT2D eigenvalue weighted by Crippen LogP contribution is 2.36. The molecule has 1 aliphatic rings. The lowest BCUT2D eigenvalue weighted by molar-refractivity contribution is -0.141. The van der Waals surface area contributed by atoms with E-state index >= 15 is 0 Å². The first-order chi connectivity index (χ1) is 8.79. The Morgan fingerprint density at radius 2 is 1.89 bits per heavy atom. The minimum absolute atomic E-state index is 0.00343. The molecule has 6 heteroatoms. The molecule has 0 saturated heterocycles. The molecule has 0 unspecified atom stereocenters. The van der Waals surface area contributed by atoms with Crippen molar-refractivity contribution in [3.8, 4) is 0 Å². The summed E-state index contributed by atoms with van der Waals surface area (Å²) in [5.74, 6) is 0.201. The average Bonchev–Trinajstić information content (AvgIpc) is 2.74. The first-order valence-electron chi connectivity index (χ1n) is 6.47. The highest BCUT2D eigenvalue weighted by Gasteiger charge is 2.36. The lowest BCUT2D eigenvalue weighted by Crippen LogP contribution is -2.17. The molecule has 0 radical (unpaired) electrons. The molecule has 1 heterocycles.